The Bertz CT molecular complexity index is 908. The van der Waals surface area contributed by atoms with Crippen LogP contribution in [0, 0.1) is 0 Å². The van der Waals surface area contributed by atoms with Crippen molar-refractivity contribution in [2.24, 2.45) is 0 Å². The number of amides is 2. The summed E-state index contributed by atoms with van der Waals surface area (Å²) >= 11 is 0. The maximum atomic E-state index is 12.5. The molecular formula is C44H78N2O4. The van der Waals surface area contributed by atoms with Crippen molar-refractivity contribution >= 4 is 17.8 Å². The Morgan fingerprint density at radius 2 is 0.920 bits per heavy atom. The lowest BCUT2D eigenvalue weighted by atomic mass is 10.1. The lowest BCUT2D eigenvalue weighted by molar-refractivity contribution is -0.145. The Morgan fingerprint density at radius 1 is 0.500 bits per heavy atom. The van der Waals surface area contributed by atoms with Gasteiger partial charge in [-0.15, -0.1) is 0 Å². The van der Waals surface area contributed by atoms with Crippen molar-refractivity contribution in [1.29, 1.82) is 0 Å². The fourth-order valence-corrected chi connectivity index (χ4v) is 5.82. The monoisotopic (exact) mass is 699 g/mol. The van der Waals surface area contributed by atoms with Gasteiger partial charge in [0.2, 0.25) is 11.8 Å². The number of ether oxygens (including phenoxy) is 1. The number of esters is 1. The molecule has 0 fully saturated rings. The molecule has 0 heterocycles. The maximum absolute atomic E-state index is 12.5. The van der Waals surface area contributed by atoms with Crippen LogP contribution in [-0.2, 0) is 19.1 Å². The normalized spacial score (nSPS) is 12.5. The minimum Gasteiger partial charge on any atom is -0.467 e. The molecule has 0 saturated heterocycles. The zero-order valence-corrected chi connectivity index (χ0v) is 32.8. The molecule has 50 heavy (non-hydrogen) atoms. The molecule has 0 saturated carbocycles. The van der Waals surface area contributed by atoms with Gasteiger partial charge in [0.1, 0.15) is 6.04 Å². The molecule has 1 atom stereocenters. The number of carbonyl (C=O) groups excluding carboxylic acids is 3. The van der Waals surface area contributed by atoms with Crippen LogP contribution in [0.25, 0.3) is 0 Å². The minimum absolute atomic E-state index is 0.0903. The Hall–Kier alpha value is -2.63. The molecule has 0 unspecified atom stereocenters. The molecule has 288 valence electrons. The van der Waals surface area contributed by atoms with Crippen LogP contribution in [0.2, 0.25) is 0 Å². The second-order valence-electron chi connectivity index (χ2n) is 13.8. The van der Waals surface area contributed by atoms with E-state index in [2.05, 4.69) is 73.1 Å². The number of rotatable bonds is 36. The molecule has 6 heteroatoms. The van der Waals surface area contributed by atoms with Gasteiger partial charge in [0.05, 0.1) is 7.11 Å². The first-order valence-electron chi connectivity index (χ1n) is 20.8. The maximum Gasteiger partial charge on any atom is 0.328 e. The van der Waals surface area contributed by atoms with Crippen molar-refractivity contribution < 1.29 is 19.1 Å². The van der Waals surface area contributed by atoms with Crippen molar-refractivity contribution in [3.05, 3.63) is 48.6 Å². The number of methoxy groups -OCH3 is 1. The van der Waals surface area contributed by atoms with Gasteiger partial charge in [-0.3, -0.25) is 9.59 Å². The molecule has 0 bridgehead atoms. The second kappa shape index (κ2) is 39.2. The number of allylic oxidation sites excluding steroid dienone is 8. The van der Waals surface area contributed by atoms with Gasteiger partial charge in [0, 0.05) is 19.4 Å². The van der Waals surface area contributed by atoms with Gasteiger partial charge in [-0.2, -0.15) is 0 Å². The predicted octanol–water partition coefficient (Wildman–Crippen LogP) is 11.9. The number of hydrogen-bond acceptors (Lipinski definition) is 4. The first-order valence-corrected chi connectivity index (χ1v) is 20.8. The molecule has 0 aromatic carbocycles. The first kappa shape index (κ1) is 47.4. The summed E-state index contributed by atoms with van der Waals surface area (Å²) in [5, 5.41) is 5.87. The van der Waals surface area contributed by atoms with Crippen molar-refractivity contribution in [3.8, 4) is 0 Å². The van der Waals surface area contributed by atoms with Crippen LogP contribution in [0.1, 0.15) is 194 Å². The number of nitrogens with one attached hydrogen (secondary N) is 2. The Kier molecular flexibility index (Phi) is 37.1. The van der Waals surface area contributed by atoms with Gasteiger partial charge in [-0.05, 0) is 96.3 Å². The second-order valence-corrected chi connectivity index (χ2v) is 13.8. The first-order chi connectivity index (χ1) is 24.5. The van der Waals surface area contributed by atoms with Crippen LogP contribution in [0.5, 0.6) is 0 Å². The summed E-state index contributed by atoms with van der Waals surface area (Å²) in [6.07, 6.45) is 48.2. The predicted molar refractivity (Wildman–Crippen MR) is 214 cm³/mol. The van der Waals surface area contributed by atoms with E-state index in [1.165, 1.54) is 97.0 Å². The van der Waals surface area contributed by atoms with E-state index in [1.54, 1.807) is 0 Å². The summed E-state index contributed by atoms with van der Waals surface area (Å²) in [6, 6.07) is -0.626. The standard InChI is InChI=1S/C44H78N2O4/c1-4-6-8-10-12-14-16-18-20-22-24-26-28-30-32-34-39-43(48)46-41(44(49)50-3)37-35-36-40-45-42(47)38-33-31-29-27-25-23-21-19-17-15-13-11-9-7-5-2/h13-16,19-22,41H,4-12,17-18,23-40H2,1-3H3,(H,45,47)(H,46,48)/b15-13-,16-14-,21-19-,22-20-/t41-/m0/s1. The lowest BCUT2D eigenvalue weighted by Gasteiger charge is -2.16. The van der Waals surface area contributed by atoms with Gasteiger partial charge >= 0.3 is 5.97 Å². The molecule has 0 radical (unpaired) electrons. The van der Waals surface area contributed by atoms with Crippen LogP contribution in [0.4, 0.5) is 0 Å². The third-order valence-electron chi connectivity index (χ3n) is 9.02. The van der Waals surface area contributed by atoms with Crippen molar-refractivity contribution in [2.45, 2.75) is 200 Å². The zero-order chi connectivity index (χ0) is 36.6. The van der Waals surface area contributed by atoms with Gasteiger partial charge in [-0.25, -0.2) is 4.79 Å². The van der Waals surface area contributed by atoms with E-state index in [-0.39, 0.29) is 11.8 Å². The highest BCUT2D eigenvalue weighted by Gasteiger charge is 2.20. The third-order valence-corrected chi connectivity index (χ3v) is 9.02. The fraction of sp³-hybridized carbons (Fsp3) is 0.750. The smallest absolute Gasteiger partial charge is 0.328 e. The van der Waals surface area contributed by atoms with E-state index >= 15 is 0 Å². The number of unbranched alkanes of at least 4 members (excludes halogenated alkanes) is 18. The summed E-state index contributed by atoms with van der Waals surface area (Å²) in [4.78, 5) is 36.9. The largest absolute Gasteiger partial charge is 0.467 e. The summed E-state index contributed by atoms with van der Waals surface area (Å²) in [5.41, 5.74) is 0. The van der Waals surface area contributed by atoms with Gasteiger partial charge < -0.3 is 15.4 Å². The van der Waals surface area contributed by atoms with Crippen molar-refractivity contribution in [2.75, 3.05) is 13.7 Å². The molecule has 0 aliphatic heterocycles. The minimum atomic E-state index is -0.626. The SMILES string of the molecule is CCCCC/C=C\C/C=C\CCCCCCCC(=O)NCCCC[C@H](NC(=O)CCCCCCC/C=C\C/C=C\CCCCCC)C(=O)OC. The van der Waals surface area contributed by atoms with Gasteiger partial charge in [0.25, 0.3) is 0 Å². The van der Waals surface area contributed by atoms with Crippen LogP contribution in [0.15, 0.2) is 48.6 Å². The number of carbonyl (C=O) groups is 3. The zero-order valence-electron chi connectivity index (χ0n) is 32.8. The average Bonchev–Trinajstić information content (AvgIpc) is 3.12. The van der Waals surface area contributed by atoms with Gasteiger partial charge in [-0.1, -0.05) is 133 Å². The highest BCUT2D eigenvalue weighted by atomic mass is 16.5. The highest BCUT2D eigenvalue weighted by molar-refractivity contribution is 5.84. The molecule has 2 N–H and O–H groups in total. The van der Waals surface area contributed by atoms with Crippen LogP contribution < -0.4 is 10.6 Å². The molecule has 0 aliphatic rings. The quantitative estimate of drug-likeness (QED) is 0.0387. The Balaban J connectivity index is 3.79. The summed E-state index contributed by atoms with van der Waals surface area (Å²) in [6.45, 7) is 5.08. The fourth-order valence-electron chi connectivity index (χ4n) is 5.82. The summed E-state index contributed by atoms with van der Waals surface area (Å²) < 4.78 is 4.92. The van der Waals surface area contributed by atoms with E-state index in [0.29, 0.717) is 25.8 Å². The third kappa shape index (κ3) is 35.2. The summed E-state index contributed by atoms with van der Waals surface area (Å²) in [5.74, 6) is -0.395. The number of hydrogen-bond donors (Lipinski definition) is 2. The molecular weight excluding hydrogens is 620 g/mol. The van der Waals surface area contributed by atoms with E-state index in [4.69, 9.17) is 4.74 Å². The molecule has 2 amide bonds. The van der Waals surface area contributed by atoms with Crippen LogP contribution >= 0.6 is 0 Å². The van der Waals surface area contributed by atoms with E-state index in [0.717, 1.165) is 70.6 Å². The topological polar surface area (TPSA) is 84.5 Å². The molecule has 0 rings (SSSR count). The Labute approximate surface area is 308 Å². The van der Waals surface area contributed by atoms with Crippen LogP contribution in [-0.4, -0.2) is 37.5 Å². The molecule has 0 aliphatic carbocycles. The van der Waals surface area contributed by atoms with Gasteiger partial charge in [0.15, 0.2) is 0 Å². The Morgan fingerprint density at radius 3 is 1.42 bits per heavy atom. The van der Waals surface area contributed by atoms with E-state index in [1.807, 2.05) is 0 Å². The van der Waals surface area contributed by atoms with E-state index < -0.39 is 12.0 Å². The highest BCUT2D eigenvalue weighted by Crippen LogP contribution is 2.11. The van der Waals surface area contributed by atoms with Crippen molar-refractivity contribution in [1.82, 2.24) is 10.6 Å². The molecule has 0 aromatic heterocycles. The lowest BCUT2D eigenvalue weighted by Crippen LogP contribution is -2.41. The van der Waals surface area contributed by atoms with Crippen molar-refractivity contribution in [3.63, 3.8) is 0 Å². The van der Waals surface area contributed by atoms with E-state index in [9.17, 15) is 14.4 Å². The molecule has 0 spiro atoms. The average molecular weight is 699 g/mol. The molecule has 6 nitrogen and oxygen atoms in total. The summed E-state index contributed by atoms with van der Waals surface area (Å²) in [7, 11) is 1.36. The van der Waals surface area contributed by atoms with Crippen LogP contribution in [0.3, 0.4) is 0 Å². The molecule has 0 aromatic rings.